The molecule has 0 saturated carbocycles. The van der Waals surface area contributed by atoms with Crippen molar-refractivity contribution in [2.45, 2.75) is 18.9 Å². The number of nitrogens with zero attached hydrogens (tertiary/aromatic N) is 2. The number of anilines is 1. The number of hydrogen-bond acceptors (Lipinski definition) is 5. The number of piperidine rings is 1. The minimum atomic E-state index is -3.16. The molecule has 3 rings (SSSR count). The van der Waals surface area contributed by atoms with Crippen molar-refractivity contribution in [1.82, 2.24) is 9.71 Å². The Balaban J connectivity index is 1.73. The van der Waals surface area contributed by atoms with Crippen molar-refractivity contribution in [3.8, 4) is 10.4 Å². The summed E-state index contributed by atoms with van der Waals surface area (Å²) in [5.41, 5.74) is 1.16. The Morgan fingerprint density at radius 2 is 2.09 bits per heavy atom. The van der Waals surface area contributed by atoms with Crippen LogP contribution in [0.15, 0.2) is 36.5 Å². The second-order valence-corrected chi connectivity index (χ2v) is 8.34. The topological polar surface area (TPSA) is 62.3 Å². The lowest BCUT2D eigenvalue weighted by atomic mass is 10.1. The van der Waals surface area contributed by atoms with Gasteiger partial charge in [0.2, 0.25) is 10.0 Å². The highest BCUT2D eigenvalue weighted by atomic mass is 32.2. The van der Waals surface area contributed by atoms with E-state index >= 15 is 0 Å². The minimum Gasteiger partial charge on any atom is -0.346 e. The number of nitrogens with one attached hydrogen (secondary N) is 1. The van der Waals surface area contributed by atoms with Crippen LogP contribution in [0.4, 0.5) is 5.13 Å². The van der Waals surface area contributed by atoms with E-state index in [9.17, 15) is 8.42 Å². The maximum atomic E-state index is 11.4. The molecule has 1 unspecified atom stereocenters. The van der Waals surface area contributed by atoms with Crippen LogP contribution in [0, 0.1) is 0 Å². The molecule has 22 heavy (non-hydrogen) atoms. The number of rotatable bonds is 4. The van der Waals surface area contributed by atoms with Gasteiger partial charge in [0.15, 0.2) is 5.13 Å². The van der Waals surface area contributed by atoms with E-state index in [1.165, 1.54) is 6.26 Å². The summed E-state index contributed by atoms with van der Waals surface area (Å²) in [5, 5.41) is 0.957. The lowest BCUT2D eigenvalue weighted by molar-refractivity contribution is 0.467. The lowest BCUT2D eigenvalue weighted by Gasteiger charge is -2.32. The molecule has 1 aliphatic heterocycles. The maximum Gasteiger partial charge on any atom is 0.209 e. The number of hydrogen-bond donors (Lipinski definition) is 1. The minimum absolute atomic E-state index is 0.0344. The Morgan fingerprint density at radius 1 is 1.32 bits per heavy atom. The summed E-state index contributed by atoms with van der Waals surface area (Å²) >= 11 is 1.65. The Hall–Kier alpha value is -1.44. The molecule has 1 fully saturated rings. The molecule has 1 atom stereocenters. The van der Waals surface area contributed by atoms with Gasteiger partial charge in [0.25, 0.3) is 0 Å². The molecule has 0 spiro atoms. The molecule has 1 N–H and O–H groups in total. The van der Waals surface area contributed by atoms with Crippen molar-refractivity contribution >= 4 is 26.5 Å². The molecule has 1 saturated heterocycles. The second kappa shape index (κ2) is 6.36. The molecule has 2 aromatic rings. The van der Waals surface area contributed by atoms with Gasteiger partial charge in [0, 0.05) is 25.3 Å². The van der Waals surface area contributed by atoms with Gasteiger partial charge in [0.05, 0.1) is 11.1 Å². The summed E-state index contributed by atoms with van der Waals surface area (Å²) < 4.78 is 25.5. The fourth-order valence-corrected chi connectivity index (χ4v) is 4.45. The fourth-order valence-electron chi connectivity index (χ4n) is 2.70. The van der Waals surface area contributed by atoms with E-state index in [-0.39, 0.29) is 6.04 Å². The number of aromatic nitrogens is 1. The zero-order valence-electron chi connectivity index (χ0n) is 12.4. The first-order valence-corrected chi connectivity index (χ1v) is 9.95. The van der Waals surface area contributed by atoms with Crippen molar-refractivity contribution in [2.24, 2.45) is 0 Å². The molecule has 2 heterocycles. The van der Waals surface area contributed by atoms with Crippen LogP contribution in [-0.2, 0) is 10.0 Å². The van der Waals surface area contributed by atoms with Crippen molar-refractivity contribution in [3.05, 3.63) is 36.5 Å². The Bertz CT molecular complexity index is 728. The maximum absolute atomic E-state index is 11.4. The molecule has 0 bridgehead atoms. The summed E-state index contributed by atoms with van der Waals surface area (Å²) in [4.78, 5) is 7.82. The molecule has 0 radical (unpaired) electrons. The Morgan fingerprint density at radius 3 is 2.82 bits per heavy atom. The SMILES string of the molecule is CS(=O)(=O)NC1CCCN(c2ncc(-c3ccccc3)s2)C1. The Labute approximate surface area is 135 Å². The second-order valence-electron chi connectivity index (χ2n) is 5.55. The van der Waals surface area contributed by atoms with Crippen LogP contribution in [0.1, 0.15) is 12.8 Å². The molecule has 118 valence electrons. The summed E-state index contributed by atoms with van der Waals surface area (Å²) in [6, 6.07) is 10.1. The number of benzene rings is 1. The van der Waals surface area contributed by atoms with E-state index in [0.717, 1.165) is 35.0 Å². The monoisotopic (exact) mass is 337 g/mol. The van der Waals surface area contributed by atoms with Gasteiger partial charge in [-0.1, -0.05) is 41.7 Å². The van der Waals surface area contributed by atoms with Crippen molar-refractivity contribution in [2.75, 3.05) is 24.2 Å². The molecule has 0 aliphatic carbocycles. The first-order valence-electron chi connectivity index (χ1n) is 7.25. The van der Waals surface area contributed by atoms with Crippen LogP contribution in [0.2, 0.25) is 0 Å². The van der Waals surface area contributed by atoms with Crippen molar-refractivity contribution in [3.63, 3.8) is 0 Å². The van der Waals surface area contributed by atoms with Gasteiger partial charge in [-0.15, -0.1) is 0 Å². The van der Waals surface area contributed by atoms with E-state index in [2.05, 4.69) is 26.7 Å². The normalized spacial score (nSPS) is 19.3. The van der Waals surface area contributed by atoms with Gasteiger partial charge >= 0.3 is 0 Å². The smallest absolute Gasteiger partial charge is 0.209 e. The predicted octanol–water partition coefficient (Wildman–Crippen LogP) is 2.33. The van der Waals surface area contributed by atoms with E-state index < -0.39 is 10.0 Å². The summed E-state index contributed by atoms with van der Waals surface area (Å²) in [6.07, 6.45) is 4.94. The van der Waals surface area contributed by atoms with E-state index in [1.807, 2.05) is 24.4 Å². The van der Waals surface area contributed by atoms with Gasteiger partial charge in [-0.25, -0.2) is 18.1 Å². The van der Waals surface area contributed by atoms with Gasteiger partial charge in [-0.3, -0.25) is 0 Å². The molecule has 1 aliphatic rings. The number of thiazole rings is 1. The van der Waals surface area contributed by atoms with E-state index in [4.69, 9.17) is 0 Å². The highest BCUT2D eigenvalue weighted by molar-refractivity contribution is 7.88. The van der Waals surface area contributed by atoms with Crippen molar-refractivity contribution in [1.29, 1.82) is 0 Å². The summed E-state index contributed by atoms with van der Waals surface area (Å²) in [5.74, 6) is 0. The average Bonchev–Trinajstić information content (AvgIpc) is 2.96. The Kier molecular flexibility index (Phi) is 4.46. The summed E-state index contributed by atoms with van der Waals surface area (Å²) in [6.45, 7) is 1.60. The lowest BCUT2D eigenvalue weighted by Crippen LogP contribution is -2.47. The quantitative estimate of drug-likeness (QED) is 0.930. The number of sulfonamides is 1. The average molecular weight is 337 g/mol. The highest BCUT2D eigenvalue weighted by Gasteiger charge is 2.24. The van der Waals surface area contributed by atoms with Crippen LogP contribution in [0.3, 0.4) is 0 Å². The van der Waals surface area contributed by atoms with Crippen LogP contribution in [0.5, 0.6) is 0 Å². The molecule has 7 heteroatoms. The van der Waals surface area contributed by atoms with Crippen LogP contribution in [0.25, 0.3) is 10.4 Å². The first-order chi connectivity index (χ1) is 10.5. The van der Waals surface area contributed by atoms with E-state index in [0.29, 0.717) is 6.54 Å². The third kappa shape index (κ3) is 3.85. The van der Waals surface area contributed by atoms with E-state index in [1.54, 1.807) is 11.3 Å². The van der Waals surface area contributed by atoms with Crippen LogP contribution in [-0.4, -0.2) is 38.8 Å². The van der Waals surface area contributed by atoms with Gasteiger partial charge in [-0.05, 0) is 18.4 Å². The fraction of sp³-hybridized carbons (Fsp3) is 0.400. The molecular weight excluding hydrogens is 318 g/mol. The molecular formula is C15H19N3O2S2. The molecule has 0 amide bonds. The van der Waals surface area contributed by atoms with Crippen LogP contribution >= 0.6 is 11.3 Å². The van der Waals surface area contributed by atoms with Crippen molar-refractivity contribution < 1.29 is 8.42 Å². The predicted molar refractivity (Wildman–Crippen MR) is 90.8 cm³/mol. The third-order valence-corrected chi connectivity index (χ3v) is 5.49. The first kappa shape index (κ1) is 15.5. The van der Waals surface area contributed by atoms with Gasteiger partial charge in [0.1, 0.15) is 0 Å². The van der Waals surface area contributed by atoms with Gasteiger partial charge < -0.3 is 4.90 Å². The molecule has 1 aromatic heterocycles. The largest absolute Gasteiger partial charge is 0.346 e. The standard InChI is InChI=1S/C15H19N3O2S2/c1-22(19,20)17-13-8-5-9-18(11-13)15-16-10-14(21-15)12-6-3-2-4-7-12/h2-4,6-7,10,13,17H,5,8-9,11H2,1H3. The van der Waals surface area contributed by atoms with Gasteiger partial charge in [-0.2, -0.15) is 0 Å². The third-order valence-electron chi connectivity index (χ3n) is 3.62. The zero-order valence-corrected chi connectivity index (χ0v) is 14.0. The summed E-state index contributed by atoms with van der Waals surface area (Å²) in [7, 11) is -3.16. The highest BCUT2D eigenvalue weighted by Crippen LogP contribution is 2.32. The molecule has 5 nitrogen and oxygen atoms in total. The molecule has 1 aromatic carbocycles. The zero-order chi connectivity index (χ0) is 15.6. The van der Waals surface area contributed by atoms with Crippen LogP contribution < -0.4 is 9.62 Å².